The molecule has 0 saturated heterocycles. The van der Waals surface area contributed by atoms with E-state index in [9.17, 15) is 14.7 Å². The maximum absolute atomic E-state index is 12.2. The Labute approximate surface area is 127 Å². The van der Waals surface area contributed by atoms with Gasteiger partial charge in [0, 0.05) is 6.07 Å². The zero-order chi connectivity index (χ0) is 16.3. The summed E-state index contributed by atoms with van der Waals surface area (Å²) in [6.07, 6.45) is 0.975. The maximum atomic E-state index is 12.2. The molecular formula is C15H19N3O4. The van der Waals surface area contributed by atoms with Crippen LogP contribution in [0.2, 0.25) is 0 Å². The molecule has 0 aliphatic carbocycles. The van der Waals surface area contributed by atoms with Gasteiger partial charge in [0.15, 0.2) is 11.5 Å². The fourth-order valence-corrected chi connectivity index (χ4v) is 2.18. The maximum Gasteiger partial charge on any atom is 0.329 e. The minimum absolute atomic E-state index is 0.118. The van der Waals surface area contributed by atoms with E-state index < -0.39 is 17.4 Å². The number of carboxylic acid groups (broad SMARTS) is 1. The van der Waals surface area contributed by atoms with Crippen molar-refractivity contribution in [1.82, 2.24) is 15.5 Å². The van der Waals surface area contributed by atoms with Crippen LogP contribution in [0.3, 0.4) is 0 Å². The summed E-state index contributed by atoms with van der Waals surface area (Å²) in [6.45, 7) is 5.16. The fourth-order valence-electron chi connectivity index (χ4n) is 2.18. The number of nitrogens with one attached hydrogen (secondary N) is 2. The number of nitrogens with zero attached hydrogens (tertiary/aromatic N) is 1. The Bertz CT molecular complexity index is 689. The van der Waals surface area contributed by atoms with E-state index in [1.54, 1.807) is 12.1 Å². The first kappa shape index (κ1) is 15.8. The largest absolute Gasteiger partial charge is 0.480 e. The molecule has 1 atom stereocenters. The normalized spacial score (nSPS) is 13.6. The molecule has 2 aromatic rings. The monoisotopic (exact) mass is 305 g/mol. The van der Waals surface area contributed by atoms with Crippen LogP contribution in [0.4, 0.5) is 0 Å². The number of carbonyl (C=O) groups excluding carboxylic acids is 1. The van der Waals surface area contributed by atoms with Crippen LogP contribution in [0.15, 0.2) is 22.6 Å². The van der Waals surface area contributed by atoms with E-state index in [2.05, 4.69) is 15.5 Å². The molecular weight excluding hydrogens is 286 g/mol. The predicted molar refractivity (Wildman–Crippen MR) is 79.4 cm³/mol. The van der Waals surface area contributed by atoms with Crippen molar-refractivity contribution in [2.75, 3.05) is 0 Å². The second-order valence-electron chi connectivity index (χ2n) is 5.42. The third-order valence-corrected chi connectivity index (χ3v) is 3.43. The van der Waals surface area contributed by atoms with Crippen molar-refractivity contribution < 1.29 is 19.1 Å². The quantitative estimate of drug-likeness (QED) is 0.759. The van der Waals surface area contributed by atoms with E-state index in [1.165, 1.54) is 13.0 Å². The molecule has 1 unspecified atom stereocenters. The van der Waals surface area contributed by atoms with Crippen molar-refractivity contribution in [2.24, 2.45) is 0 Å². The number of aromatic nitrogens is 2. The third kappa shape index (κ3) is 3.19. The first-order chi connectivity index (χ1) is 10.4. The number of furan rings is 1. The molecule has 118 valence electrons. The van der Waals surface area contributed by atoms with Gasteiger partial charge < -0.3 is 14.8 Å². The van der Waals surface area contributed by atoms with Crippen molar-refractivity contribution in [3.63, 3.8) is 0 Å². The molecule has 2 heterocycles. The lowest BCUT2D eigenvalue weighted by Gasteiger charge is -2.25. The molecule has 22 heavy (non-hydrogen) atoms. The second-order valence-corrected chi connectivity index (χ2v) is 5.42. The van der Waals surface area contributed by atoms with Gasteiger partial charge in [0.05, 0.1) is 0 Å². The zero-order valence-corrected chi connectivity index (χ0v) is 12.8. The lowest BCUT2D eigenvalue weighted by Crippen LogP contribution is -2.52. The number of aryl methyl sites for hydroxylation is 1. The van der Waals surface area contributed by atoms with Gasteiger partial charge in [-0.05, 0) is 32.4 Å². The van der Waals surface area contributed by atoms with Crippen LogP contribution in [0.25, 0.3) is 11.5 Å². The SMILES string of the molecule is CCCC(C)(NC(=O)c1cc(-c2ccc(C)o2)[nH]n1)C(=O)O. The second kappa shape index (κ2) is 6.05. The number of aliphatic carboxylic acids is 1. The highest BCUT2D eigenvalue weighted by Crippen LogP contribution is 2.21. The highest BCUT2D eigenvalue weighted by atomic mass is 16.4. The molecule has 0 spiro atoms. The van der Waals surface area contributed by atoms with Gasteiger partial charge in [-0.25, -0.2) is 4.79 Å². The number of H-pyrrole nitrogens is 1. The number of aromatic amines is 1. The molecule has 0 radical (unpaired) electrons. The summed E-state index contributed by atoms with van der Waals surface area (Å²) in [5.74, 6) is -0.292. The minimum Gasteiger partial charge on any atom is -0.480 e. The van der Waals surface area contributed by atoms with E-state index in [0.29, 0.717) is 24.3 Å². The number of rotatable bonds is 6. The van der Waals surface area contributed by atoms with E-state index >= 15 is 0 Å². The van der Waals surface area contributed by atoms with E-state index in [-0.39, 0.29) is 5.69 Å². The number of hydrogen-bond donors (Lipinski definition) is 3. The van der Waals surface area contributed by atoms with Crippen LogP contribution in [0.1, 0.15) is 42.9 Å². The Morgan fingerprint density at radius 3 is 2.73 bits per heavy atom. The summed E-state index contributed by atoms with van der Waals surface area (Å²) >= 11 is 0. The molecule has 0 aliphatic rings. The number of carbonyl (C=O) groups is 2. The molecule has 0 fully saturated rings. The lowest BCUT2D eigenvalue weighted by atomic mass is 9.96. The molecule has 2 aromatic heterocycles. The standard InChI is InChI=1S/C15H19N3O4/c1-4-7-15(3,14(20)21)16-13(19)11-8-10(17-18-11)12-6-5-9(2)22-12/h5-6,8H,4,7H2,1-3H3,(H,16,19)(H,17,18)(H,20,21). The summed E-state index contributed by atoms with van der Waals surface area (Å²) in [6, 6.07) is 5.10. The van der Waals surface area contributed by atoms with Gasteiger partial charge in [0.2, 0.25) is 0 Å². The number of amides is 1. The predicted octanol–water partition coefficient (Wildman–Crippen LogP) is 2.35. The van der Waals surface area contributed by atoms with E-state index in [4.69, 9.17) is 4.42 Å². The van der Waals surface area contributed by atoms with Gasteiger partial charge in [-0.2, -0.15) is 5.10 Å². The van der Waals surface area contributed by atoms with Gasteiger partial charge >= 0.3 is 5.97 Å². The number of carboxylic acids is 1. The average molecular weight is 305 g/mol. The molecule has 7 heteroatoms. The van der Waals surface area contributed by atoms with Crippen LogP contribution in [0.5, 0.6) is 0 Å². The first-order valence-electron chi connectivity index (χ1n) is 7.04. The highest BCUT2D eigenvalue weighted by Gasteiger charge is 2.34. The smallest absolute Gasteiger partial charge is 0.329 e. The molecule has 0 saturated carbocycles. The van der Waals surface area contributed by atoms with Crippen molar-refractivity contribution in [3.8, 4) is 11.5 Å². The molecule has 1 amide bonds. The summed E-state index contributed by atoms with van der Waals surface area (Å²) < 4.78 is 5.44. The molecule has 0 aliphatic heterocycles. The van der Waals surface area contributed by atoms with Crippen molar-refractivity contribution >= 4 is 11.9 Å². The van der Waals surface area contributed by atoms with Crippen LogP contribution >= 0.6 is 0 Å². The summed E-state index contributed by atoms with van der Waals surface area (Å²) in [7, 11) is 0. The third-order valence-electron chi connectivity index (χ3n) is 3.43. The Kier molecular flexibility index (Phi) is 4.35. The lowest BCUT2D eigenvalue weighted by molar-refractivity contribution is -0.144. The molecule has 7 nitrogen and oxygen atoms in total. The topological polar surface area (TPSA) is 108 Å². The molecule has 0 aromatic carbocycles. The summed E-state index contributed by atoms with van der Waals surface area (Å²) in [4.78, 5) is 23.6. The Morgan fingerprint density at radius 1 is 1.45 bits per heavy atom. The average Bonchev–Trinajstić information content (AvgIpc) is 3.07. The van der Waals surface area contributed by atoms with Gasteiger partial charge in [-0.1, -0.05) is 13.3 Å². The highest BCUT2D eigenvalue weighted by molar-refractivity contribution is 5.96. The first-order valence-corrected chi connectivity index (χ1v) is 7.04. The van der Waals surface area contributed by atoms with Crippen molar-refractivity contribution in [3.05, 3.63) is 29.7 Å². The van der Waals surface area contributed by atoms with Crippen molar-refractivity contribution in [1.29, 1.82) is 0 Å². The minimum atomic E-state index is -1.31. The van der Waals surface area contributed by atoms with E-state index in [0.717, 1.165) is 5.76 Å². The van der Waals surface area contributed by atoms with Gasteiger partial charge in [-0.3, -0.25) is 9.89 Å². The van der Waals surface area contributed by atoms with Gasteiger partial charge in [0.1, 0.15) is 17.0 Å². The number of hydrogen-bond acceptors (Lipinski definition) is 4. The van der Waals surface area contributed by atoms with Crippen LogP contribution in [-0.4, -0.2) is 32.7 Å². The van der Waals surface area contributed by atoms with E-state index in [1.807, 2.05) is 13.8 Å². The molecule has 0 bridgehead atoms. The Hall–Kier alpha value is -2.57. The van der Waals surface area contributed by atoms with Crippen molar-refractivity contribution in [2.45, 2.75) is 39.2 Å². The Morgan fingerprint density at radius 2 is 2.18 bits per heavy atom. The van der Waals surface area contributed by atoms with Crippen LogP contribution in [-0.2, 0) is 4.79 Å². The zero-order valence-electron chi connectivity index (χ0n) is 12.8. The fraction of sp³-hybridized carbons (Fsp3) is 0.400. The van der Waals surface area contributed by atoms with Crippen LogP contribution < -0.4 is 5.32 Å². The molecule has 3 N–H and O–H groups in total. The van der Waals surface area contributed by atoms with Crippen LogP contribution in [0, 0.1) is 6.92 Å². The van der Waals surface area contributed by atoms with Gasteiger partial charge in [-0.15, -0.1) is 0 Å². The Balaban J connectivity index is 2.16. The summed E-state index contributed by atoms with van der Waals surface area (Å²) in [5, 5.41) is 18.4. The molecule has 2 rings (SSSR count). The van der Waals surface area contributed by atoms with Gasteiger partial charge in [0.25, 0.3) is 5.91 Å². The summed E-state index contributed by atoms with van der Waals surface area (Å²) in [5.41, 5.74) is -0.634.